The molecule has 0 fully saturated rings. The van der Waals surface area contributed by atoms with Gasteiger partial charge in [-0.25, -0.2) is 0 Å². The van der Waals surface area contributed by atoms with E-state index in [1.54, 1.807) is 0 Å². The van der Waals surface area contributed by atoms with Gasteiger partial charge in [0.25, 0.3) is 0 Å². The summed E-state index contributed by atoms with van der Waals surface area (Å²) in [5.74, 6) is 0.673. The predicted octanol–water partition coefficient (Wildman–Crippen LogP) is 1.67. The summed E-state index contributed by atoms with van der Waals surface area (Å²) in [5.41, 5.74) is 0. The lowest BCUT2D eigenvalue weighted by molar-refractivity contribution is 0.0841. The van der Waals surface area contributed by atoms with Crippen molar-refractivity contribution >= 4 is 17.6 Å². The fourth-order valence-electron chi connectivity index (χ4n) is 0.974. The third-order valence-electron chi connectivity index (χ3n) is 1.77. The van der Waals surface area contributed by atoms with Crippen LogP contribution in [0.1, 0.15) is 19.7 Å². The molecular weight excluding hydrogens is 218 g/mol. The molecule has 1 aromatic heterocycles. The Morgan fingerprint density at radius 1 is 1.47 bits per heavy atom. The van der Waals surface area contributed by atoms with Crippen molar-refractivity contribution in [2.24, 2.45) is 0 Å². The predicted molar refractivity (Wildman–Crippen MR) is 58.2 cm³/mol. The van der Waals surface area contributed by atoms with E-state index < -0.39 is 0 Å². The molecule has 0 aliphatic carbocycles. The Morgan fingerprint density at radius 2 is 2.20 bits per heavy atom. The van der Waals surface area contributed by atoms with Crippen molar-refractivity contribution in [2.75, 3.05) is 25.1 Å². The topological polar surface area (TPSA) is 51.4 Å². The summed E-state index contributed by atoms with van der Waals surface area (Å²) in [7, 11) is 1.87. The summed E-state index contributed by atoms with van der Waals surface area (Å²) in [6.07, 6.45) is 0.236. The van der Waals surface area contributed by atoms with Gasteiger partial charge in [0.2, 0.25) is 5.89 Å². The number of nitrogens with zero attached hydrogens (tertiary/aromatic N) is 3. The number of alkyl halides is 1. The van der Waals surface area contributed by atoms with Gasteiger partial charge < -0.3 is 14.1 Å². The van der Waals surface area contributed by atoms with E-state index in [-0.39, 0.29) is 12.0 Å². The van der Waals surface area contributed by atoms with Gasteiger partial charge in [0.1, 0.15) is 5.88 Å². The van der Waals surface area contributed by atoms with E-state index in [1.807, 2.05) is 25.8 Å². The largest absolute Gasteiger partial charge is 0.407 e. The summed E-state index contributed by atoms with van der Waals surface area (Å²) in [6, 6.07) is 0.470. The zero-order valence-electron chi connectivity index (χ0n) is 9.23. The van der Waals surface area contributed by atoms with Crippen LogP contribution >= 0.6 is 11.6 Å². The summed E-state index contributed by atoms with van der Waals surface area (Å²) in [6.45, 7) is 5.34. The molecule has 0 aliphatic heterocycles. The molecule has 0 aliphatic rings. The fraction of sp³-hybridized carbons (Fsp3) is 0.778. The van der Waals surface area contributed by atoms with Crippen LogP contribution in [-0.4, -0.2) is 36.5 Å². The average molecular weight is 234 g/mol. The monoisotopic (exact) mass is 233 g/mol. The summed E-state index contributed by atoms with van der Waals surface area (Å²) < 4.78 is 10.7. The van der Waals surface area contributed by atoms with E-state index in [0.717, 1.165) is 0 Å². The Labute approximate surface area is 94.4 Å². The van der Waals surface area contributed by atoms with Crippen molar-refractivity contribution in [2.45, 2.75) is 25.8 Å². The van der Waals surface area contributed by atoms with Crippen molar-refractivity contribution in [3.63, 3.8) is 0 Å². The second kappa shape index (κ2) is 5.92. The highest BCUT2D eigenvalue weighted by molar-refractivity contribution is 6.16. The van der Waals surface area contributed by atoms with Crippen molar-refractivity contribution in [1.29, 1.82) is 0 Å². The Kier molecular flexibility index (Phi) is 4.84. The van der Waals surface area contributed by atoms with E-state index in [1.165, 1.54) is 0 Å². The standard InChI is InChI=1S/C9H16ClN3O2/c1-7(2)14-5-4-13(3)9-12-11-8(6-10)15-9/h7H,4-6H2,1-3H3. The van der Waals surface area contributed by atoms with E-state index in [2.05, 4.69) is 10.2 Å². The number of likely N-dealkylation sites (N-methyl/N-ethyl adjacent to an activating group) is 1. The quantitative estimate of drug-likeness (QED) is 0.700. The molecule has 1 heterocycles. The normalized spacial score (nSPS) is 11.0. The van der Waals surface area contributed by atoms with Crippen molar-refractivity contribution in [3.8, 4) is 0 Å². The molecule has 1 rings (SSSR count). The first-order valence-electron chi connectivity index (χ1n) is 4.84. The molecule has 0 unspecified atom stereocenters. The third-order valence-corrected chi connectivity index (χ3v) is 2.00. The van der Waals surface area contributed by atoms with Crippen LogP contribution in [0, 0.1) is 0 Å². The van der Waals surface area contributed by atoms with Crippen LogP contribution in [0.2, 0.25) is 0 Å². The summed E-state index contributed by atoms with van der Waals surface area (Å²) in [4.78, 5) is 1.84. The van der Waals surface area contributed by atoms with Crippen molar-refractivity contribution < 1.29 is 9.15 Å². The summed E-state index contributed by atoms with van der Waals surface area (Å²) >= 11 is 5.55. The minimum atomic E-state index is 0.236. The lowest BCUT2D eigenvalue weighted by Crippen LogP contribution is -2.24. The van der Waals surface area contributed by atoms with Crippen LogP contribution in [0.25, 0.3) is 0 Å². The van der Waals surface area contributed by atoms with Gasteiger partial charge in [-0.15, -0.1) is 16.7 Å². The second-order valence-electron chi connectivity index (χ2n) is 3.45. The van der Waals surface area contributed by atoms with Crippen molar-refractivity contribution in [3.05, 3.63) is 5.89 Å². The zero-order valence-corrected chi connectivity index (χ0v) is 9.99. The maximum absolute atomic E-state index is 5.55. The second-order valence-corrected chi connectivity index (χ2v) is 3.72. The van der Waals surface area contributed by atoms with Gasteiger partial charge in [-0.05, 0) is 13.8 Å². The lowest BCUT2D eigenvalue weighted by atomic mass is 10.5. The van der Waals surface area contributed by atoms with E-state index >= 15 is 0 Å². The lowest BCUT2D eigenvalue weighted by Gasteiger charge is -2.14. The number of hydrogen-bond acceptors (Lipinski definition) is 5. The highest BCUT2D eigenvalue weighted by Gasteiger charge is 2.09. The first-order chi connectivity index (χ1) is 7.13. The van der Waals surface area contributed by atoms with Crippen LogP contribution in [-0.2, 0) is 10.6 Å². The van der Waals surface area contributed by atoms with Gasteiger partial charge in [0.15, 0.2) is 0 Å². The van der Waals surface area contributed by atoms with Crippen LogP contribution in [0.5, 0.6) is 0 Å². The molecule has 0 atom stereocenters. The molecule has 6 heteroatoms. The average Bonchev–Trinajstić information content (AvgIpc) is 2.65. The molecule has 15 heavy (non-hydrogen) atoms. The number of anilines is 1. The Balaban J connectivity index is 2.36. The number of ether oxygens (including phenoxy) is 1. The number of rotatable bonds is 6. The molecule has 0 N–H and O–H groups in total. The van der Waals surface area contributed by atoms with E-state index in [0.29, 0.717) is 25.1 Å². The molecule has 86 valence electrons. The molecule has 5 nitrogen and oxygen atoms in total. The highest BCUT2D eigenvalue weighted by Crippen LogP contribution is 2.11. The van der Waals surface area contributed by atoms with Crippen LogP contribution in [0.15, 0.2) is 4.42 Å². The van der Waals surface area contributed by atoms with Gasteiger partial charge >= 0.3 is 6.01 Å². The molecule has 0 amide bonds. The molecule has 1 aromatic rings. The molecular formula is C9H16ClN3O2. The smallest absolute Gasteiger partial charge is 0.318 e. The van der Waals surface area contributed by atoms with Crippen LogP contribution < -0.4 is 4.90 Å². The Bertz CT molecular complexity index is 291. The maximum atomic E-state index is 5.55. The van der Waals surface area contributed by atoms with Crippen molar-refractivity contribution in [1.82, 2.24) is 10.2 Å². The van der Waals surface area contributed by atoms with Crippen LogP contribution in [0.3, 0.4) is 0 Å². The van der Waals surface area contributed by atoms with E-state index in [4.69, 9.17) is 20.8 Å². The number of aromatic nitrogens is 2. The maximum Gasteiger partial charge on any atom is 0.318 e. The number of halogens is 1. The first-order valence-corrected chi connectivity index (χ1v) is 5.38. The first kappa shape index (κ1) is 12.3. The SMILES string of the molecule is CC(C)OCCN(C)c1nnc(CCl)o1. The Hall–Kier alpha value is -0.810. The van der Waals surface area contributed by atoms with Gasteiger partial charge in [0, 0.05) is 13.6 Å². The van der Waals surface area contributed by atoms with Gasteiger partial charge in [0.05, 0.1) is 12.7 Å². The van der Waals surface area contributed by atoms with E-state index in [9.17, 15) is 0 Å². The van der Waals surface area contributed by atoms with Gasteiger partial charge in [-0.2, -0.15) is 0 Å². The molecule has 0 spiro atoms. The third kappa shape index (κ3) is 4.05. The zero-order chi connectivity index (χ0) is 11.3. The van der Waals surface area contributed by atoms with Gasteiger partial charge in [-0.1, -0.05) is 5.10 Å². The molecule has 0 bridgehead atoms. The molecule has 0 saturated heterocycles. The minimum Gasteiger partial charge on any atom is -0.407 e. The number of hydrogen-bond donors (Lipinski definition) is 0. The molecule has 0 radical (unpaired) electrons. The highest BCUT2D eigenvalue weighted by atomic mass is 35.5. The van der Waals surface area contributed by atoms with Crippen LogP contribution in [0.4, 0.5) is 6.01 Å². The molecule has 0 aromatic carbocycles. The van der Waals surface area contributed by atoms with Gasteiger partial charge in [-0.3, -0.25) is 0 Å². The fourth-order valence-corrected chi connectivity index (χ4v) is 1.08. The summed E-state index contributed by atoms with van der Waals surface area (Å²) in [5, 5.41) is 7.62. The minimum absolute atomic E-state index is 0.236. The Morgan fingerprint density at radius 3 is 2.73 bits per heavy atom. The molecule has 0 saturated carbocycles.